The molecule has 0 fully saturated rings. The average Bonchev–Trinajstić information content (AvgIpc) is 3.11. The van der Waals surface area contributed by atoms with Crippen molar-refractivity contribution in [1.29, 1.82) is 0 Å². The van der Waals surface area contributed by atoms with Gasteiger partial charge >= 0.3 is 11.9 Å². The van der Waals surface area contributed by atoms with Gasteiger partial charge < -0.3 is 14.9 Å². The second-order valence-electron chi connectivity index (χ2n) is 9.69. The molecule has 2 aromatic rings. The smallest absolute Gasteiger partial charge is 0.334 e. The van der Waals surface area contributed by atoms with Crippen LogP contribution in [0, 0.1) is 5.92 Å². The Bertz CT molecular complexity index is 1560. The zero-order valence-electron chi connectivity index (χ0n) is 22.1. The van der Waals surface area contributed by atoms with E-state index in [9.17, 15) is 37.8 Å². The van der Waals surface area contributed by atoms with Gasteiger partial charge in [-0.2, -0.15) is 0 Å². The minimum absolute atomic E-state index is 0.0804. The number of sulfone groups is 1. The molecular weight excluding hydrogens is 540 g/mol. The number of ether oxygens (including phenoxy) is 1. The summed E-state index contributed by atoms with van der Waals surface area (Å²) in [6, 6.07) is 10.5. The number of carboxylic acid groups (broad SMARTS) is 2. The monoisotopic (exact) mass is 568 g/mol. The number of amides is 2. The zero-order valence-corrected chi connectivity index (χ0v) is 22.9. The van der Waals surface area contributed by atoms with E-state index < -0.39 is 33.6 Å². The van der Waals surface area contributed by atoms with Gasteiger partial charge in [0, 0.05) is 35.7 Å². The number of allylic oxidation sites excluding steroid dienone is 1. The number of carboxylic acids is 2. The first kappa shape index (κ1) is 28.7. The number of fused-ring (bicyclic) bond motifs is 1. The highest BCUT2D eigenvalue weighted by molar-refractivity contribution is 7.90. The van der Waals surface area contributed by atoms with E-state index in [0.29, 0.717) is 24.0 Å². The summed E-state index contributed by atoms with van der Waals surface area (Å²) < 4.78 is 30.6. The fraction of sp³-hybridized carbons (Fsp3) is 0.321. The summed E-state index contributed by atoms with van der Waals surface area (Å²) in [5.41, 5.74) is 0.842. The predicted molar refractivity (Wildman–Crippen MR) is 143 cm³/mol. The molecule has 2 aliphatic heterocycles. The third-order valence-electron chi connectivity index (χ3n) is 6.98. The molecule has 2 aliphatic rings. The normalized spacial score (nSPS) is 19.0. The van der Waals surface area contributed by atoms with Crippen molar-refractivity contribution in [2.45, 2.75) is 37.5 Å². The van der Waals surface area contributed by atoms with Gasteiger partial charge in [0.25, 0.3) is 11.8 Å². The quantitative estimate of drug-likeness (QED) is 0.323. The van der Waals surface area contributed by atoms with Crippen LogP contribution < -0.4 is 4.74 Å². The molecule has 0 saturated heterocycles. The van der Waals surface area contributed by atoms with Crippen molar-refractivity contribution in [2.24, 2.45) is 10.9 Å². The number of hydrogen-bond acceptors (Lipinski definition) is 8. The highest BCUT2D eigenvalue weighted by atomic mass is 32.2. The molecule has 0 saturated carbocycles. The molecule has 2 N–H and O–H groups in total. The van der Waals surface area contributed by atoms with Crippen LogP contribution in [-0.4, -0.2) is 72.4 Å². The number of rotatable bonds is 10. The van der Waals surface area contributed by atoms with Gasteiger partial charge in [-0.1, -0.05) is 12.1 Å². The van der Waals surface area contributed by atoms with Crippen molar-refractivity contribution in [2.75, 3.05) is 19.4 Å². The van der Waals surface area contributed by atoms with Crippen molar-refractivity contribution in [3.05, 3.63) is 70.4 Å². The first-order valence-electron chi connectivity index (χ1n) is 12.5. The molecule has 12 heteroatoms. The van der Waals surface area contributed by atoms with Crippen LogP contribution in [0.5, 0.6) is 5.75 Å². The highest BCUT2D eigenvalue weighted by Crippen LogP contribution is 2.43. The number of aliphatic carboxylic acids is 2. The molecule has 11 nitrogen and oxygen atoms in total. The van der Waals surface area contributed by atoms with E-state index in [0.717, 1.165) is 6.26 Å². The Balaban J connectivity index is 1.57. The highest BCUT2D eigenvalue weighted by Gasteiger charge is 2.42. The Kier molecular flexibility index (Phi) is 7.92. The molecule has 4 rings (SSSR count). The number of unbranched alkanes of at least 4 members (excludes halogenated alkanes) is 1. The lowest BCUT2D eigenvalue weighted by molar-refractivity contribution is -0.140. The fourth-order valence-electron chi connectivity index (χ4n) is 5.10. The Hall–Kier alpha value is -4.32. The Morgan fingerprint density at radius 2 is 1.62 bits per heavy atom. The second kappa shape index (κ2) is 11.0. The standard InChI is InChI=1S/C28H28N2O9S/c1-15-22(27(33)34)24(23(28(35)36)16(2)29-15)20-14-17(40(3,37)38)10-11-21(20)39-13-7-6-12-30-25(31)18-8-4-5-9-19(18)26(30)32/h4-5,8-11,14,22,24H,6-7,12-13H2,1-3H3,(H,33,34)(H,35,36). The zero-order chi connectivity index (χ0) is 29.4. The van der Waals surface area contributed by atoms with Crippen LogP contribution in [0.4, 0.5) is 0 Å². The topological polar surface area (TPSA) is 168 Å². The van der Waals surface area contributed by atoms with Crippen molar-refractivity contribution in [3.63, 3.8) is 0 Å². The van der Waals surface area contributed by atoms with Gasteiger partial charge in [0.1, 0.15) is 11.7 Å². The molecule has 0 aromatic heterocycles. The third kappa shape index (κ3) is 5.39. The predicted octanol–water partition coefficient (Wildman–Crippen LogP) is 3.16. The van der Waals surface area contributed by atoms with Crippen LogP contribution in [0.3, 0.4) is 0 Å². The van der Waals surface area contributed by atoms with E-state index in [1.54, 1.807) is 24.3 Å². The number of carbonyl (C=O) groups excluding carboxylic acids is 2. The van der Waals surface area contributed by atoms with Gasteiger partial charge in [-0.3, -0.25) is 24.3 Å². The van der Waals surface area contributed by atoms with Crippen LogP contribution in [0.15, 0.2) is 63.6 Å². The first-order valence-corrected chi connectivity index (χ1v) is 14.4. The lowest BCUT2D eigenvalue weighted by Gasteiger charge is -2.31. The SMILES string of the molecule is CC1=NC(C)=C(C(=O)O)C(c2cc(S(C)(=O)=O)ccc2OCCCCN2C(=O)c3ccccc3C2=O)C1C(=O)O. The van der Waals surface area contributed by atoms with Crippen LogP contribution in [-0.2, 0) is 19.4 Å². The summed E-state index contributed by atoms with van der Waals surface area (Å²) >= 11 is 0. The molecule has 0 bridgehead atoms. The summed E-state index contributed by atoms with van der Waals surface area (Å²) in [5, 5.41) is 20.0. The number of nitrogens with zero attached hydrogens (tertiary/aromatic N) is 2. The molecule has 210 valence electrons. The maximum atomic E-state index is 12.6. The van der Waals surface area contributed by atoms with Crippen molar-refractivity contribution in [3.8, 4) is 5.75 Å². The number of imide groups is 1. The number of carbonyl (C=O) groups is 4. The van der Waals surface area contributed by atoms with E-state index in [4.69, 9.17) is 4.74 Å². The largest absolute Gasteiger partial charge is 0.493 e. The molecule has 2 aromatic carbocycles. The van der Waals surface area contributed by atoms with Crippen LogP contribution in [0.25, 0.3) is 0 Å². The Morgan fingerprint density at radius 3 is 2.17 bits per heavy atom. The minimum Gasteiger partial charge on any atom is -0.493 e. The van der Waals surface area contributed by atoms with Crippen molar-refractivity contribution >= 4 is 39.3 Å². The Morgan fingerprint density at radius 1 is 1.00 bits per heavy atom. The fourth-order valence-corrected chi connectivity index (χ4v) is 5.76. The summed E-state index contributed by atoms with van der Waals surface area (Å²) in [5.74, 6) is -5.90. The van der Waals surface area contributed by atoms with Gasteiger partial charge in [-0.15, -0.1) is 0 Å². The molecule has 0 radical (unpaired) electrons. The van der Waals surface area contributed by atoms with E-state index in [2.05, 4.69) is 4.99 Å². The maximum Gasteiger partial charge on any atom is 0.334 e. The van der Waals surface area contributed by atoms with E-state index in [1.165, 1.54) is 36.9 Å². The van der Waals surface area contributed by atoms with Gasteiger partial charge in [0.15, 0.2) is 9.84 Å². The lowest BCUT2D eigenvalue weighted by atomic mass is 9.75. The number of benzene rings is 2. The van der Waals surface area contributed by atoms with Crippen molar-refractivity contribution < 1.29 is 42.5 Å². The second-order valence-corrected chi connectivity index (χ2v) is 11.7. The van der Waals surface area contributed by atoms with Crippen LogP contribution >= 0.6 is 0 Å². The van der Waals surface area contributed by atoms with Gasteiger partial charge in [0.2, 0.25) is 0 Å². The van der Waals surface area contributed by atoms with Crippen molar-refractivity contribution in [1.82, 2.24) is 4.90 Å². The summed E-state index contributed by atoms with van der Waals surface area (Å²) in [6.07, 6.45) is 1.80. The molecule has 2 atom stereocenters. The van der Waals surface area contributed by atoms with Crippen LogP contribution in [0.1, 0.15) is 58.9 Å². The maximum absolute atomic E-state index is 12.6. The van der Waals surface area contributed by atoms with Gasteiger partial charge in [-0.05, 0) is 57.0 Å². The molecule has 0 aliphatic carbocycles. The molecule has 2 unspecified atom stereocenters. The molecule has 40 heavy (non-hydrogen) atoms. The molecule has 0 spiro atoms. The van der Waals surface area contributed by atoms with E-state index >= 15 is 0 Å². The minimum atomic E-state index is -3.72. The number of hydrogen-bond donors (Lipinski definition) is 2. The first-order chi connectivity index (χ1) is 18.8. The van der Waals surface area contributed by atoms with Gasteiger partial charge in [-0.25, -0.2) is 13.2 Å². The molecular formula is C28H28N2O9S. The van der Waals surface area contributed by atoms with Crippen LogP contribution in [0.2, 0.25) is 0 Å². The van der Waals surface area contributed by atoms with E-state index in [-0.39, 0.29) is 58.2 Å². The number of aliphatic imine (C=N–C) groups is 1. The van der Waals surface area contributed by atoms with E-state index in [1.807, 2.05) is 0 Å². The molecule has 2 heterocycles. The molecule has 2 amide bonds. The average molecular weight is 569 g/mol. The Labute approximate surface area is 230 Å². The third-order valence-corrected chi connectivity index (χ3v) is 8.09. The summed E-state index contributed by atoms with van der Waals surface area (Å²) in [6.45, 7) is 3.18. The van der Waals surface area contributed by atoms with Gasteiger partial charge in [0.05, 0.1) is 28.2 Å². The lowest BCUT2D eigenvalue weighted by Crippen LogP contribution is -2.35. The summed E-state index contributed by atoms with van der Waals surface area (Å²) in [4.78, 5) is 54.8. The summed E-state index contributed by atoms with van der Waals surface area (Å²) in [7, 11) is -3.72.